The van der Waals surface area contributed by atoms with Crippen LogP contribution >= 0.6 is 0 Å². The fraction of sp³-hybridized carbons (Fsp3) is 0.200. The summed E-state index contributed by atoms with van der Waals surface area (Å²) >= 11 is 1.74. The van der Waals surface area contributed by atoms with Gasteiger partial charge in [0.2, 0.25) is 0 Å². The van der Waals surface area contributed by atoms with E-state index in [4.69, 9.17) is 0 Å². The molecule has 6 rings (SSSR count). The summed E-state index contributed by atoms with van der Waals surface area (Å²) in [5, 5.41) is 0. The van der Waals surface area contributed by atoms with Gasteiger partial charge in [0.25, 0.3) is 0 Å². The number of halogens is 2. The van der Waals surface area contributed by atoms with Gasteiger partial charge in [-0.05, 0) is 41.2 Å². The Labute approximate surface area is 261 Å². The van der Waals surface area contributed by atoms with E-state index in [9.17, 15) is 0 Å². The number of aryl methyl sites for hydroxylation is 1. The Morgan fingerprint density at radius 2 is 1.51 bits per heavy atom. The van der Waals surface area contributed by atoms with E-state index in [2.05, 4.69) is 142 Å². The van der Waals surface area contributed by atoms with Crippen LogP contribution in [0.2, 0.25) is 13.1 Å². The fourth-order valence-electron chi connectivity index (χ4n) is 5.77. The molecule has 0 saturated heterocycles. The van der Waals surface area contributed by atoms with Crippen molar-refractivity contribution in [1.82, 2.24) is 0 Å². The third-order valence-electron chi connectivity index (χ3n) is 7.37. The van der Waals surface area contributed by atoms with E-state index in [0.717, 1.165) is 6.42 Å². The topological polar surface area (TPSA) is 0 Å². The number of hydrogen-bond donors (Lipinski definition) is 0. The molecule has 0 N–H and O–H groups in total. The number of hydrogen-bond acceptors (Lipinski definition) is 0. The molecule has 0 bridgehead atoms. The summed E-state index contributed by atoms with van der Waals surface area (Å²) in [5.41, 5.74) is 11.8. The Morgan fingerprint density at radius 3 is 2.18 bits per heavy atom. The van der Waals surface area contributed by atoms with E-state index >= 15 is 0 Å². The average Bonchev–Trinajstić information content (AvgIpc) is 3.51. The summed E-state index contributed by atoms with van der Waals surface area (Å²) in [7, 11) is 0. The summed E-state index contributed by atoms with van der Waals surface area (Å²) in [6.45, 7) is 8.99. The second-order valence-electron chi connectivity index (χ2n) is 10.3. The second kappa shape index (κ2) is 13.6. The maximum atomic E-state index is 3.69. The van der Waals surface area contributed by atoms with Gasteiger partial charge in [0, 0.05) is 11.3 Å². The Kier molecular flexibility index (Phi) is 11.0. The van der Waals surface area contributed by atoms with Gasteiger partial charge in [-0.15, -0.1) is 29.4 Å². The van der Waals surface area contributed by atoms with Gasteiger partial charge in [-0.25, -0.2) is 0 Å². The van der Waals surface area contributed by atoms with Crippen molar-refractivity contribution < 1.29 is 48.1 Å². The van der Waals surface area contributed by atoms with Crippen molar-refractivity contribution in [3.63, 3.8) is 0 Å². The van der Waals surface area contributed by atoms with E-state index in [0.29, 0.717) is 0 Å². The van der Waals surface area contributed by atoms with Crippen LogP contribution in [0.15, 0.2) is 120 Å². The van der Waals surface area contributed by atoms with Gasteiger partial charge in [-0.3, -0.25) is 0 Å². The Hall–Kier alpha value is -1.96. The molecule has 3 aliphatic carbocycles. The standard InChI is InChI=1S/C33H27.C2H6Si.2ClH.Zr/c1-3-24-20-27-11-9-19-33(31(27)21-24,28-12-5-4-6-13-28)32-29-14-8-7-10-26(29)22-30(32)25-17-15-23(2)16-18-25;1-3-2;;;/h4-19,21-22,32H,3H2,1-2H3;1-2H3;2*1H;/q-1;;;;+2/p-2. The maximum Gasteiger partial charge on any atom is -1.00 e. The van der Waals surface area contributed by atoms with Gasteiger partial charge < -0.3 is 24.8 Å². The average molecular weight is 644 g/mol. The van der Waals surface area contributed by atoms with Gasteiger partial charge in [-0.1, -0.05) is 104 Å². The zero-order valence-electron chi connectivity index (χ0n) is 22.9. The molecule has 3 aromatic carbocycles. The summed E-state index contributed by atoms with van der Waals surface area (Å²) < 4.78 is 0. The first-order valence-electron chi connectivity index (χ1n) is 13.1. The second-order valence-corrected chi connectivity index (χ2v) is 19.6. The predicted octanol–water partition coefficient (Wildman–Crippen LogP) is 2.94. The van der Waals surface area contributed by atoms with Crippen molar-refractivity contribution in [2.75, 3.05) is 0 Å². The summed E-state index contributed by atoms with van der Waals surface area (Å²) in [6, 6.07) is 29.0. The molecule has 0 aromatic heterocycles. The van der Waals surface area contributed by atoms with Crippen molar-refractivity contribution >= 4 is 17.1 Å². The normalized spacial score (nSPS) is 20.0. The molecule has 3 aromatic rings. The first-order chi connectivity index (χ1) is 17.9. The summed E-state index contributed by atoms with van der Waals surface area (Å²) in [4.78, 5) is 0. The Bertz CT molecular complexity index is 1490. The maximum absolute atomic E-state index is 3.69. The Morgan fingerprint density at radius 1 is 0.872 bits per heavy atom. The summed E-state index contributed by atoms with van der Waals surface area (Å²) in [5.74, 6) is 0.183. The van der Waals surface area contributed by atoms with E-state index in [1.54, 1.807) is 23.3 Å². The van der Waals surface area contributed by atoms with Gasteiger partial charge in [0.1, 0.15) is 0 Å². The SMILES string of the molecule is CCC1=[C-]C2=CC=CC(c3ccccc3)(C3C(c4ccc(C)cc4)=Cc4ccccc43)C2=C1.C[Si](C)=[Zr+2].[Cl-].[Cl-]. The van der Waals surface area contributed by atoms with Crippen LogP contribution in [0.1, 0.15) is 47.1 Å². The van der Waals surface area contributed by atoms with Gasteiger partial charge in [0.05, 0.1) is 0 Å². The number of allylic oxidation sites excluding steroid dienone is 9. The molecule has 0 nitrogen and oxygen atoms in total. The smallest absolute Gasteiger partial charge is 1.00 e. The molecule has 0 saturated carbocycles. The fourth-order valence-corrected chi connectivity index (χ4v) is 5.77. The zero-order valence-corrected chi connectivity index (χ0v) is 27.9. The molecule has 0 aliphatic heterocycles. The molecule has 4 heteroatoms. The van der Waals surface area contributed by atoms with Crippen LogP contribution in [-0.4, -0.2) is 5.43 Å². The van der Waals surface area contributed by atoms with E-state index in [1.165, 1.54) is 50.1 Å². The van der Waals surface area contributed by atoms with Crippen LogP contribution in [0.5, 0.6) is 0 Å². The van der Waals surface area contributed by atoms with E-state index in [-0.39, 0.29) is 41.6 Å². The van der Waals surface area contributed by atoms with Gasteiger partial charge in [0.15, 0.2) is 0 Å². The largest absolute Gasteiger partial charge is 1.00 e. The molecule has 0 amide bonds. The molecule has 39 heavy (non-hydrogen) atoms. The molecular weight excluding hydrogens is 611 g/mol. The number of benzene rings is 3. The molecule has 3 aliphatic rings. The minimum absolute atomic E-state index is 0. The van der Waals surface area contributed by atoms with Crippen LogP contribution in [0.3, 0.4) is 0 Å². The monoisotopic (exact) mass is 641 g/mol. The van der Waals surface area contributed by atoms with Crippen LogP contribution in [0.4, 0.5) is 0 Å². The molecule has 0 fully saturated rings. The van der Waals surface area contributed by atoms with E-state index < -0.39 is 0 Å². The zero-order chi connectivity index (χ0) is 26.0. The van der Waals surface area contributed by atoms with Crippen molar-refractivity contribution in [1.29, 1.82) is 0 Å². The van der Waals surface area contributed by atoms with Crippen LogP contribution < -0.4 is 24.8 Å². The minimum Gasteiger partial charge on any atom is -1.00 e. The molecule has 196 valence electrons. The van der Waals surface area contributed by atoms with Crippen molar-refractivity contribution in [3.8, 4) is 0 Å². The first-order valence-corrected chi connectivity index (χ1v) is 19.3. The quantitative estimate of drug-likeness (QED) is 0.303. The molecule has 2 unspecified atom stereocenters. The van der Waals surface area contributed by atoms with Crippen LogP contribution in [-0.2, 0) is 28.8 Å². The minimum atomic E-state index is -0.293. The Balaban J connectivity index is 0.000000658. The summed E-state index contributed by atoms with van der Waals surface area (Å²) in [6.07, 6.45) is 16.4. The van der Waals surface area contributed by atoms with E-state index in [1.807, 2.05) is 0 Å². The van der Waals surface area contributed by atoms with Crippen LogP contribution in [0.25, 0.3) is 11.6 Å². The predicted molar refractivity (Wildman–Crippen MR) is 156 cm³/mol. The number of fused-ring (bicyclic) bond motifs is 2. The van der Waals surface area contributed by atoms with Crippen molar-refractivity contribution in [3.05, 3.63) is 154 Å². The number of rotatable bonds is 4. The molecule has 2 atom stereocenters. The molecule has 0 spiro atoms. The van der Waals surface area contributed by atoms with Crippen molar-refractivity contribution in [2.45, 2.75) is 44.7 Å². The van der Waals surface area contributed by atoms with Crippen LogP contribution in [0, 0.1) is 13.0 Å². The first kappa shape index (κ1) is 31.6. The molecule has 0 radical (unpaired) electrons. The van der Waals surface area contributed by atoms with Gasteiger partial charge >= 0.3 is 41.9 Å². The van der Waals surface area contributed by atoms with Gasteiger partial charge in [-0.2, -0.15) is 11.6 Å². The molecular formula is C35H33Cl2SiZr-. The third-order valence-corrected chi connectivity index (χ3v) is 7.37. The molecule has 0 heterocycles. The third kappa shape index (κ3) is 6.20. The van der Waals surface area contributed by atoms with Crippen molar-refractivity contribution in [2.24, 2.45) is 0 Å².